The van der Waals surface area contributed by atoms with E-state index in [1.54, 1.807) is 0 Å². The summed E-state index contributed by atoms with van der Waals surface area (Å²) in [5.74, 6) is 2.35. The predicted molar refractivity (Wildman–Crippen MR) is 74.8 cm³/mol. The van der Waals surface area contributed by atoms with Gasteiger partial charge in [0.25, 0.3) is 0 Å². The highest BCUT2D eigenvalue weighted by molar-refractivity contribution is 5.57. The van der Waals surface area contributed by atoms with Crippen molar-refractivity contribution in [2.45, 2.75) is 33.2 Å². The first-order valence-corrected chi connectivity index (χ1v) is 6.55. The standard InChI is InChI=1S/C13H23N5/c1-9-8-17(4)6-5-7-18(9)13-10(2)12(14)15-11(3)16-13/h9H,5-8H2,1-4H3,(H2,14,15,16). The minimum absolute atomic E-state index is 0.449. The summed E-state index contributed by atoms with van der Waals surface area (Å²) in [5, 5.41) is 0. The number of aromatic nitrogens is 2. The number of hydrogen-bond donors (Lipinski definition) is 1. The second-order valence-electron chi connectivity index (χ2n) is 5.26. The number of likely N-dealkylation sites (N-methyl/N-ethyl adjacent to an activating group) is 1. The fraction of sp³-hybridized carbons (Fsp3) is 0.692. The van der Waals surface area contributed by atoms with Crippen LogP contribution in [0, 0.1) is 13.8 Å². The first-order chi connectivity index (χ1) is 8.49. The van der Waals surface area contributed by atoms with Crippen molar-refractivity contribution in [3.05, 3.63) is 11.4 Å². The Hall–Kier alpha value is -1.36. The lowest BCUT2D eigenvalue weighted by atomic mass is 10.2. The second-order valence-corrected chi connectivity index (χ2v) is 5.26. The van der Waals surface area contributed by atoms with E-state index >= 15 is 0 Å². The van der Waals surface area contributed by atoms with Crippen molar-refractivity contribution in [3.63, 3.8) is 0 Å². The molecule has 0 saturated carbocycles. The number of nitrogen functional groups attached to an aromatic ring is 1. The summed E-state index contributed by atoms with van der Waals surface area (Å²) in [6, 6.07) is 0.449. The lowest BCUT2D eigenvalue weighted by Crippen LogP contribution is -2.39. The summed E-state index contributed by atoms with van der Waals surface area (Å²) < 4.78 is 0. The average Bonchev–Trinajstić information content (AvgIpc) is 2.45. The molecule has 0 radical (unpaired) electrons. The molecule has 2 N–H and O–H groups in total. The van der Waals surface area contributed by atoms with Crippen molar-refractivity contribution in [1.29, 1.82) is 0 Å². The monoisotopic (exact) mass is 249 g/mol. The van der Waals surface area contributed by atoms with Crippen molar-refractivity contribution in [2.24, 2.45) is 0 Å². The molecule has 1 fully saturated rings. The molecule has 1 saturated heterocycles. The predicted octanol–water partition coefficient (Wildman–Crippen LogP) is 1.21. The maximum Gasteiger partial charge on any atom is 0.137 e. The van der Waals surface area contributed by atoms with Crippen LogP contribution in [0.1, 0.15) is 24.7 Å². The summed E-state index contributed by atoms with van der Waals surface area (Å²) in [4.78, 5) is 13.5. The average molecular weight is 249 g/mol. The molecule has 100 valence electrons. The molecule has 2 rings (SSSR count). The quantitative estimate of drug-likeness (QED) is 0.810. The largest absolute Gasteiger partial charge is 0.383 e. The molecule has 1 aliphatic rings. The fourth-order valence-electron chi connectivity index (χ4n) is 2.60. The Morgan fingerprint density at radius 1 is 1.22 bits per heavy atom. The molecule has 1 aliphatic heterocycles. The van der Waals surface area contributed by atoms with Gasteiger partial charge < -0.3 is 15.5 Å². The van der Waals surface area contributed by atoms with Gasteiger partial charge in [-0.15, -0.1) is 0 Å². The molecule has 0 aliphatic carbocycles. The van der Waals surface area contributed by atoms with E-state index in [9.17, 15) is 0 Å². The summed E-state index contributed by atoms with van der Waals surface area (Å²) >= 11 is 0. The first-order valence-electron chi connectivity index (χ1n) is 6.55. The van der Waals surface area contributed by atoms with Crippen LogP contribution in [-0.4, -0.2) is 47.6 Å². The fourth-order valence-corrected chi connectivity index (χ4v) is 2.60. The molecular formula is C13H23N5. The zero-order chi connectivity index (χ0) is 13.3. The van der Waals surface area contributed by atoms with Gasteiger partial charge in [0.2, 0.25) is 0 Å². The van der Waals surface area contributed by atoms with Crippen LogP contribution in [-0.2, 0) is 0 Å². The van der Waals surface area contributed by atoms with Gasteiger partial charge in [0.1, 0.15) is 17.5 Å². The van der Waals surface area contributed by atoms with Crippen LogP contribution < -0.4 is 10.6 Å². The van der Waals surface area contributed by atoms with Crippen molar-refractivity contribution in [2.75, 3.05) is 37.3 Å². The summed E-state index contributed by atoms with van der Waals surface area (Å²) in [6.45, 7) is 9.37. The van der Waals surface area contributed by atoms with E-state index in [-0.39, 0.29) is 0 Å². The topological polar surface area (TPSA) is 58.3 Å². The molecule has 5 heteroatoms. The van der Waals surface area contributed by atoms with Crippen LogP contribution in [0.15, 0.2) is 0 Å². The van der Waals surface area contributed by atoms with E-state index in [0.717, 1.165) is 43.3 Å². The van der Waals surface area contributed by atoms with E-state index in [1.165, 1.54) is 0 Å². The zero-order valence-corrected chi connectivity index (χ0v) is 11.8. The maximum atomic E-state index is 5.95. The SMILES string of the molecule is Cc1nc(N)c(C)c(N2CCCN(C)CC2C)n1. The van der Waals surface area contributed by atoms with Crippen LogP contribution in [0.4, 0.5) is 11.6 Å². The van der Waals surface area contributed by atoms with Gasteiger partial charge in [-0.2, -0.15) is 0 Å². The second kappa shape index (κ2) is 5.10. The van der Waals surface area contributed by atoms with Gasteiger partial charge in [0, 0.05) is 24.7 Å². The number of hydrogen-bond acceptors (Lipinski definition) is 5. The molecule has 5 nitrogen and oxygen atoms in total. The van der Waals surface area contributed by atoms with Gasteiger partial charge in [-0.05, 0) is 40.8 Å². The maximum absolute atomic E-state index is 5.95. The molecule has 0 amide bonds. The summed E-state index contributed by atoms with van der Waals surface area (Å²) in [7, 11) is 2.17. The Bertz CT molecular complexity index is 432. The third-order valence-corrected chi connectivity index (χ3v) is 3.59. The van der Waals surface area contributed by atoms with Crippen molar-refractivity contribution < 1.29 is 0 Å². The Morgan fingerprint density at radius 3 is 2.67 bits per heavy atom. The third-order valence-electron chi connectivity index (χ3n) is 3.59. The van der Waals surface area contributed by atoms with E-state index < -0.39 is 0 Å². The van der Waals surface area contributed by atoms with Gasteiger partial charge in [-0.25, -0.2) is 9.97 Å². The molecule has 18 heavy (non-hydrogen) atoms. The molecular weight excluding hydrogens is 226 g/mol. The number of aryl methyl sites for hydroxylation is 1. The minimum atomic E-state index is 0.449. The van der Waals surface area contributed by atoms with Crippen molar-refractivity contribution >= 4 is 11.6 Å². The number of anilines is 2. The van der Waals surface area contributed by atoms with Gasteiger partial charge in [-0.3, -0.25) is 0 Å². The molecule has 1 aromatic heterocycles. The van der Waals surface area contributed by atoms with Gasteiger partial charge in [-0.1, -0.05) is 0 Å². The number of nitrogens with two attached hydrogens (primary N) is 1. The van der Waals surface area contributed by atoms with Crippen LogP contribution >= 0.6 is 0 Å². The van der Waals surface area contributed by atoms with Crippen LogP contribution in [0.5, 0.6) is 0 Å². The molecule has 1 unspecified atom stereocenters. The highest BCUT2D eigenvalue weighted by Gasteiger charge is 2.23. The minimum Gasteiger partial charge on any atom is -0.383 e. The first kappa shape index (κ1) is 13.1. The summed E-state index contributed by atoms with van der Waals surface area (Å²) in [5.41, 5.74) is 6.95. The molecule has 0 bridgehead atoms. The lowest BCUT2D eigenvalue weighted by Gasteiger charge is -2.30. The molecule has 0 spiro atoms. The van der Waals surface area contributed by atoms with E-state index in [0.29, 0.717) is 11.9 Å². The molecule has 1 aromatic rings. The number of rotatable bonds is 1. The van der Waals surface area contributed by atoms with E-state index in [1.807, 2.05) is 13.8 Å². The highest BCUT2D eigenvalue weighted by atomic mass is 15.3. The highest BCUT2D eigenvalue weighted by Crippen LogP contribution is 2.24. The van der Waals surface area contributed by atoms with Gasteiger partial charge >= 0.3 is 0 Å². The van der Waals surface area contributed by atoms with Crippen LogP contribution in [0.25, 0.3) is 0 Å². The third kappa shape index (κ3) is 2.56. The Labute approximate surface area is 109 Å². The molecule has 2 heterocycles. The van der Waals surface area contributed by atoms with Gasteiger partial charge in [0.05, 0.1) is 0 Å². The lowest BCUT2D eigenvalue weighted by molar-refractivity contribution is 0.337. The van der Waals surface area contributed by atoms with Crippen molar-refractivity contribution in [3.8, 4) is 0 Å². The zero-order valence-electron chi connectivity index (χ0n) is 11.8. The van der Waals surface area contributed by atoms with Crippen LogP contribution in [0.3, 0.4) is 0 Å². The normalized spacial score (nSPS) is 22.0. The van der Waals surface area contributed by atoms with E-state index in [4.69, 9.17) is 5.73 Å². The smallest absolute Gasteiger partial charge is 0.137 e. The van der Waals surface area contributed by atoms with E-state index in [2.05, 4.69) is 33.7 Å². The Morgan fingerprint density at radius 2 is 1.94 bits per heavy atom. The Kier molecular flexibility index (Phi) is 3.71. The van der Waals surface area contributed by atoms with Crippen molar-refractivity contribution in [1.82, 2.24) is 14.9 Å². The summed E-state index contributed by atoms with van der Waals surface area (Å²) in [6.07, 6.45) is 1.16. The molecule has 1 atom stereocenters. The van der Waals surface area contributed by atoms with Crippen LogP contribution in [0.2, 0.25) is 0 Å². The number of nitrogens with zero attached hydrogens (tertiary/aromatic N) is 4. The van der Waals surface area contributed by atoms with Gasteiger partial charge in [0.15, 0.2) is 0 Å². The Balaban J connectivity index is 2.35. The molecule has 0 aromatic carbocycles.